The van der Waals surface area contributed by atoms with E-state index in [0.717, 1.165) is 27.0 Å². The van der Waals surface area contributed by atoms with Crippen molar-refractivity contribution in [1.82, 2.24) is 15.0 Å². The molecule has 28 heavy (non-hydrogen) atoms. The van der Waals surface area contributed by atoms with E-state index in [1.807, 2.05) is 25.1 Å². The van der Waals surface area contributed by atoms with Gasteiger partial charge in [-0.1, -0.05) is 11.3 Å². The zero-order valence-electron chi connectivity index (χ0n) is 14.9. The highest BCUT2D eigenvalue weighted by atomic mass is 32.1. The van der Waals surface area contributed by atoms with Gasteiger partial charge in [-0.25, -0.2) is 14.8 Å². The maximum Gasteiger partial charge on any atom is 0.338 e. The lowest BCUT2D eigenvalue weighted by Crippen LogP contribution is -2.20. The molecule has 0 bridgehead atoms. The molecule has 0 saturated heterocycles. The minimum atomic E-state index is -0.586. The fourth-order valence-corrected chi connectivity index (χ4v) is 3.56. The zero-order valence-corrected chi connectivity index (χ0v) is 15.7. The molecule has 0 aliphatic rings. The number of ether oxygens (including phenoxy) is 2. The third-order valence-corrected chi connectivity index (χ3v) is 4.84. The van der Waals surface area contributed by atoms with Crippen LogP contribution in [0.5, 0.6) is 5.75 Å². The van der Waals surface area contributed by atoms with Crippen molar-refractivity contribution in [2.75, 3.05) is 18.5 Å². The Balaban J connectivity index is 1.37. The normalized spacial score (nSPS) is 10.9. The number of carbonyl (C=O) groups is 2. The number of imidazole rings is 1. The van der Waals surface area contributed by atoms with Crippen molar-refractivity contribution in [1.29, 1.82) is 0 Å². The van der Waals surface area contributed by atoms with Crippen LogP contribution in [-0.4, -0.2) is 40.0 Å². The second-order valence-electron chi connectivity index (χ2n) is 5.84. The number of hydrogen-bond donors (Lipinski definition) is 2. The van der Waals surface area contributed by atoms with E-state index in [4.69, 9.17) is 9.47 Å². The third-order valence-electron chi connectivity index (χ3n) is 3.91. The summed E-state index contributed by atoms with van der Waals surface area (Å²) in [5.41, 5.74) is 2.57. The number of esters is 1. The summed E-state index contributed by atoms with van der Waals surface area (Å²) < 4.78 is 11.4. The fraction of sp³-hybridized carbons (Fsp3) is 0.158. The second-order valence-corrected chi connectivity index (χ2v) is 6.87. The molecular weight excluding hydrogens is 380 g/mol. The number of rotatable bonds is 6. The zero-order chi connectivity index (χ0) is 19.5. The molecule has 0 radical (unpaired) electrons. The molecule has 0 spiro atoms. The Morgan fingerprint density at radius 2 is 2.04 bits per heavy atom. The third kappa shape index (κ3) is 3.79. The molecular formula is C19H16N4O4S. The van der Waals surface area contributed by atoms with Crippen molar-refractivity contribution in [3.05, 3.63) is 48.3 Å². The monoisotopic (exact) mass is 396 g/mol. The van der Waals surface area contributed by atoms with Crippen LogP contribution in [0.15, 0.2) is 42.7 Å². The molecule has 4 aromatic rings. The standard InChI is InChI=1S/C19H16N4O4S/c1-2-26-12-4-6-14-16(8-12)28-19(22-14)23-17(24)9-27-18(25)11-3-5-13-15(7-11)21-10-20-13/h3-8,10H,2,9H2,1H3,(H,20,21)(H,22,23,24). The van der Waals surface area contributed by atoms with Gasteiger partial charge < -0.3 is 14.5 Å². The van der Waals surface area contributed by atoms with Crippen molar-refractivity contribution in [3.63, 3.8) is 0 Å². The number of thiazole rings is 1. The van der Waals surface area contributed by atoms with Gasteiger partial charge in [0.05, 0.1) is 39.7 Å². The summed E-state index contributed by atoms with van der Waals surface area (Å²) >= 11 is 1.32. The van der Waals surface area contributed by atoms with E-state index in [2.05, 4.69) is 20.3 Å². The predicted molar refractivity (Wildman–Crippen MR) is 106 cm³/mol. The van der Waals surface area contributed by atoms with Gasteiger partial charge in [0.1, 0.15) is 5.75 Å². The molecule has 2 heterocycles. The van der Waals surface area contributed by atoms with Crippen molar-refractivity contribution in [2.24, 2.45) is 0 Å². The van der Waals surface area contributed by atoms with E-state index in [0.29, 0.717) is 17.3 Å². The lowest BCUT2D eigenvalue weighted by molar-refractivity contribution is -0.119. The SMILES string of the molecule is CCOc1ccc2nc(NC(=O)COC(=O)c3ccc4nc[nH]c4c3)sc2c1. The van der Waals surface area contributed by atoms with E-state index in [1.54, 1.807) is 24.5 Å². The van der Waals surface area contributed by atoms with Crippen LogP contribution in [0, 0.1) is 0 Å². The van der Waals surface area contributed by atoms with Crippen molar-refractivity contribution in [3.8, 4) is 5.75 Å². The highest BCUT2D eigenvalue weighted by molar-refractivity contribution is 7.22. The van der Waals surface area contributed by atoms with Gasteiger partial charge in [0.25, 0.3) is 5.91 Å². The van der Waals surface area contributed by atoms with Crippen LogP contribution in [0.2, 0.25) is 0 Å². The molecule has 2 aromatic heterocycles. The quantitative estimate of drug-likeness (QED) is 0.484. The first-order chi connectivity index (χ1) is 13.6. The number of anilines is 1. The first-order valence-electron chi connectivity index (χ1n) is 8.56. The number of fused-ring (bicyclic) bond motifs is 2. The minimum absolute atomic E-state index is 0.341. The van der Waals surface area contributed by atoms with Crippen molar-refractivity contribution in [2.45, 2.75) is 6.92 Å². The number of nitrogens with zero attached hydrogens (tertiary/aromatic N) is 2. The Bertz CT molecular complexity index is 1170. The highest BCUT2D eigenvalue weighted by Gasteiger charge is 2.13. The lowest BCUT2D eigenvalue weighted by atomic mass is 10.2. The number of amides is 1. The Hall–Kier alpha value is -3.46. The van der Waals surface area contributed by atoms with Gasteiger partial charge in [0.15, 0.2) is 11.7 Å². The Morgan fingerprint density at radius 3 is 2.89 bits per heavy atom. The average molecular weight is 396 g/mol. The van der Waals surface area contributed by atoms with E-state index in [-0.39, 0.29) is 0 Å². The first kappa shape index (κ1) is 17.9. The predicted octanol–water partition coefficient (Wildman–Crippen LogP) is 3.37. The summed E-state index contributed by atoms with van der Waals surface area (Å²) in [6, 6.07) is 10.5. The number of aromatic amines is 1. The van der Waals surface area contributed by atoms with E-state index < -0.39 is 18.5 Å². The summed E-state index contributed by atoms with van der Waals surface area (Å²) in [5.74, 6) is -0.294. The van der Waals surface area contributed by atoms with Gasteiger partial charge >= 0.3 is 5.97 Å². The first-order valence-corrected chi connectivity index (χ1v) is 9.37. The molecule has 8 nitrogen and oxygen atoms in total. The number of nitrogens with one attached hydrogen (secondary N) is 2. The molecule has 0 aliphatic heterocycles. The highest BCUT2D eigenvalue weighted by Crippen LogP contribution is 2.29. The Kier molecular flexibility index (Phi) is 4.90. The summed E-state index contributed by atoms with van der Waals surface area (Å²) in [5, 5.41) is 3.08. The van der Waals surface area contributed by atoms with Gasteiger partial charge in [0.2, 0.25) is 0 Å². The fourth-order valence-electron chi connectivity index (χ4n) is 2.65. The molecule has 0 atom stereocenters. The number of hydrogen-bond acceptors (Lipinski definition) is 7. The molecule has 142 valence electrons. The molecule has 1 amide bonds. The van der Waals surface area contributed by atoms with E-state index >= 15 is 0 Å². The smallest absolute Gasteiger partial charge is 0.338 e. The lowest BCUT2D eigenvalue weighted by Gasteiger charge is -2.04. The van der Waals surface area contributed by atoms with Crippen LogP contribution in [-0.2, 0) is 9.53 Å². The average Bonchev–Trinajstić information content (AvgIpc) is 3.31. The molecule has 2 aromatic carbocycles. The number of H-pyrrole nitrogens is 1. The molecule has 2 N–H and O–H groups in total. The van der Waals surface area contributed by atoms with Crippen molar-refractivity contribution < 1.29 is 19.1 Å². The molecule has 0 unspecified atom stereocenters. The second kappa shape index (κ2) is 7.65. The Morgan fingerprint density at radius 1 is 1.18 bits per heavy atom. The molecule has 4 rings (SSSR count). The van der Waals surface area contributed by atoms with Crippen LogP contribution >= 0.6 is 11.3 Å². The van der Waals surface area contributed by atoms with Gasteiger partial charge in [-0.05, 0) is 43.3 Å². The van der Waals surface area contributed by atoms with Crippen LogP contribution in [0.1, 0.15) is 17.3 Å². The maximum absolute atomic E-state index is 12.1. The summed E-state index contributed by atoms with van der Waals surface area (Å²) in [7, 11) is 0. The topological polar surface area (TPSA) is 106 Å². The Labute approximate surface area is 163 Å². The summed E-state index contributed by atoms with van der Waals surface area (Å²) in [6.45, 7) is 2.09. The van der Waals surface area contributed by atoms with E-state index in [1.165, 1.54) is 11.3 Å². The maximum atomic E-state index is 12.1. The van der Waals surface area contributed by atoms with Crippen LogP contribution in [0.4, 0.5) is 5.13 Å². The summed E-state index contributed by atoms with van der Waals surface area (Å²) in [4.78, 5) is 35.6. The van der Waals surface area contributed by atoms with Crippen LogP contribution in [0.3, 0.4) is 0 Å². The minimum Gasteiger partial charge on any atom is -0.494 e. The van der Waals surface area contributed by atoms with Gasteiger partial charge in [-0.15, -0.1) is 0 Å². The number of carbonyl (C=O) groups excluding carboxylic acids is 2. The van der Waals surface area contributed by atoms with Gasteiger partial charge in [-0.3, -0.25) is 10.1 Å². The van der Waals surface area contributed by atoms with E-state index in [9.17, 15) is 9.59 Å². The summed E-state index contributed by atoms with van der Waals surface area (Å²) in [6.07, 6.45) is 1.54. The molecule has 0 fully saturated rings. The molecule has 9 heteroatoms. The molecule has 0 aliphatic carbocycles. The largest absolute Gasteiger partial charge is 0.494 e. The van der Waals surface area contributed by atoms with Gasteiger partial charge in [-0.2, -0.15) is 0 Å². The van der Waals surface area contributed by atoms with Crippen LogP contribution < -0.4 is 10.1 Å². The molecule has 0 saturated carbocycles. The number of benzene rings is 2. The van der Waals surface area contributed by atoms with Gasteiger partial charge in [0, 0.05) is 0 Å². The van der Waals surface area contributed by atoms with Crippen molar-refractivity contribution >= 4 is 49.6 Å². The van der Waals surface area contributed by atoms with Crippen LogP contribution in [0.25, 0.3) is 21.3 Å². The number of aromatic nitrogens is 3.